The largest absolute Gasteiger partial charge is 0.480 e. The van der Waals surface area contributed by atoms with Crippen LogP contribution in [0.4, 0.5) is 0 Å². The fourth-order valence-electron chi connectivity index (χ4n) is 6.77. The first-order valence-electron chi connectivity index (χ1n) is 15.7. The van der Waals surface area contributed by atoms with Crippen LogP contribution in [0.5, 0.6) is 0 Å². The Bertz CT molecular complexity index is 822. The van der Waals surface area contributed by atoms with E-state index in [2.05, 4.69) is 19.8 Å². The van der Waals surface area contributed by atoms with Crippen molar-refractivity contribution in [1.82, 2.24) is 9.80 Å². The Morgan fingerprint density at radius 3 is 1.26 bits per heavy atom. The second kappa shape index (κ2) is 18.2. The summed E-state index contributed by atoms with van der Waals surface area (Å²) in [6, 6.07) is -1.16. The molecule has 3 rings (SSSR count). The molecule has 3 aliphatic rings. The lowest BCUT2D eigenvalue weighted by molar-refractivity contribution is -0.143. The first kappa shape index (κ1) is 34.7. The molecule has 12 nitrogen and oxygen atoms in total. The number of carbonyl (C=O) groups is 2. The molecular weight excluding hydrogens is 574 g/mol. The molecule has 240 valence electrons. The summed E-state index contributed by atoms with van der Waals surface area (Å²) in [5.41, 5.74) is 23.1. The summed E-state index contributed by atoms with van der Waals surface area (Å²) in [6.45, 7) is 0.839. The van der Waals surface area contributed by atoms with E-state index in [1.165, 1.54) is 38.5 Å². The van der Waals surface area contributed by atoms with Crippen LogP contribution in [-0.2, 0) is 9.59 Å². The van der Waals surface area contributed by atoms with Crippen LogP contribution in [0.15, 0.2) is 9.98 Å². The van der Waals surface area contributed by atoms with Crippen molar-refractivity contribution in [3.05, 3.63) is 0 Å². The van der Waals surface area contributed by atoms with Gasteiger partial charge < -0.3 is 33.1 Å². The summed E-state index contributed by atoms with van der Waals surface area (Å²) in [5, 5.41) is 20.9. The summed E-state index contributed by atoms with van der Waals surface area (Å²) in [4.78, 5) is 38.2. The standard InChI is InChI=1S/C28H54N8O4P2/c29-27(30)33-15-7-13-23(25(37)38)35-17-41(21-9-3-1-4-10-21)18-36(20-42(19-35)22-11-5-2-6-12-22)24(26(39)40)14-8-16-34-28(31)32/h21-24H,1-20H2,(H,37,38)(H,39,40)(H4,29,30,33)(H4,31,32,34)/t23-,24-,41?,42?/m0/s1. The van der Waals surface area contributed by atoms with E-state index >= 15 is 0 Å². The molecule has 0 bridgehead atoms. The molecule has 0 aromatic carbocycles. The normalized spacial score (nSPS) is 25.0. The molecule has 2 saturated carbocycles. The van der Waals surface area contributed by atoms with E-state index in [1.807, 2.05) is 0 Å². The highest BCUT2D eigenvalue weighted by Crippen LogP contribution is 2.56. The molecular formula is C28H54N8O4P2. The van der Waals surface area contributed by atoms with Gasteiger partial charge in [0.25, 0.3) is 0 Å². The number of rotatable bonds is 14. The molecule has 3 fully saturated rings. The first-order valence-corrected chi connectivity index (χ1v) is 19.2. The van der Waals surface area contributed by atoms with E-state index < -0.39 is 39.9 Å². The van der Waals surface area contributed by atoms with E-state index in [4.69, 9.17) is 22.9 Å². The number of nitrogens with two attached hydrogens (primary N) is 4. The SMILES string of the molecule is NC(N)=NCCC[C@@H](C(=O)O)N1CP(C2CCCCC2)CN([C@@H](CCCN=C(N)N)C(=O)O)CP(C2CCCCC2)C1. The number of aliphatic imine (C=N–C) groups is 2. The smallest absolute Gasteiger partial charge is 0.320 e. The molecule has 0 spiro atoms. The van der Waals surface area contributed by atoms with E-state index in [9.17, 15) is 19.8 Å². The van der Waals surface area contributed by atoms with Crippen molar-refractivity contribution in [2.24, 2.45) is 32.9 Å². The summed E-state index contributed by atoms with van der Waals surface area (Å²) < 4.78 is 0. The summed E-state index contributed by atoms with van der Waals surface area (Å²) >= 11 is 0. The molecule has 0 unspecified atom stereocenters. The number of nitrogens with zero attached hydrogens (tertiary/aromatic N) is 4. The van der Waals surface area contributed by atoms with Crippen LogP contribution >= 0.6 is 15.8 Å². The van der Waals surface area contributed by atoms with Crippen molar-refractivity contribution >= 4 is 39.7 Å². The summed E-state index contributed by atoms with van der Waals surface area (Å²) in [6.07, 6.45) is 17.1. The Kier molecular flexibility index (Phi) is 15.0. The van der Waals surface area contributed by atoms with Crippen molar-refractivity contribution in [2.45, 2.75) is 113 Å². The van der Waals surface area contributed by atoms with Crippen LogP contribution < -0.4 is 22.9 Å². The van der Waals surface area contributed by atoms with Gasteiger partial charge in [-0.15, -0.1) is 0 Å². The quantitative estimate of drug-likeness (QED) is 0.0716. The number of hydrogen-bond acceptors (Lipinski definition) is 6. The van der Waals surface area contributed by atoms with Gasteiger partial charge in [0.1, 0.15) is 12.1 Å². The third-order valence-corrected chi connectivity index (χ3v) is 15.0. The molecule has 1 heterocycles. The topological polar surface area (TPSA) is 210 Å². The Labute approximate surface area is 253 Å². The maximum atomic E-state index is 12.7. The number of hydrogen-bond donors (Lipinski definition) is 6. The lowest BCUT2D eigenvalue weighted by atomic mass is 10.0. The van der Waals surface area contributed by atoms with Crippen LogP contribution in [0, 0.1) is 0 Å². The number of carboxylic acid groups (broad SMARTS) is 2. The molecule has 0 aromatic heterocycles. The maximum absolute atomic E-state index is 12.7. The van der Waals surface area contributed by atoms with Crippen LogP contribution in [0.2, 0.25) is 0 Å². The lowest BCUT2D eigenvalue weighted by Crippen LogP contribution is -2.49. The molecule has 14 heteroatoms. The second-order valence-corrected chi connectivity index (χ2v) is 17.1. The third-order valence-electron chi connectivity index (χ3n) is 8.95. The van der Waals surface area contributed by atoms with Crippen molar-refractivity contribution in [1.29, 1.82) is 0 Å². The zero-order chi connectivity index (χ0) is 30.5. The predicted octanol–water partition coefficient (Wildman–Crippen LogP) is 3.08. The van der Waals surface area contributed by atoms with Gasteiger partial charge in [0, 0.05) is 38.2 Å². The molecule has 0 amide bonds. The highest BCUT2D eigenvalue weighted by atomic mass is 31.1. The van der Waals surface area contributed by atoms with Crippen molar-refractivity contribution in [3.63, 3.8) is 0 Å². The van der Waals surface area contributed by atoms with E-state index in [0.717, 1.165) is 50.8 Å². The first-order chi connectivity index (χ1) is 20.2. The van der Waals surface area contributed by atoms with Gasteiger partial charge in [-0.2, -0.15) is 0 Å². The monoisotopic (exact) mass is 628 g/mol. The Morgan fingerprint density at radius 2 is 0.976 bits per heavy atom. The zero-order valence-corrected chi connectivity index (χ0v) is 26.9. The Morgan fingerprint density at radius 1 is 0.643 bits per heavy atom. The van der Waals surface area contributed by atoms with Gasteiger partial charge in [0.15, 0.2) is 11.9 Å². The number of guanidine groups is 2. The molecule has 0 aromatic rings. The molecule has 1 aliphatic heterocycles. The van der Waals surface area contributed by atoms with Gasteiger partial charge in [-0.05, 0) is 62.7 Å². The molecule has 1 saturated heterocycles. The minimum Gasteiger partial charge on any atom is -0.480 e. The average molecular weight is 629 g/mol. The number of aliphatic carboxylic acids is 2. The average Bonchev–Trinajstić information content (AvgIpc) is 2.94. The molecule has 0 radical (unpaired) electrons. The summed E-state index contributed by atoms with van der Waals surface area (Å²) in [5.74, 6) is -1.50. The predicted molar refractivity (Wildman–Crippen MR) is 173 cm³/mol. The van der Waals surface area contributed by atoms with E-state index in [1.54, 1.807) is 0 Å². The van der Waals surface area contributed by atoms with Crippen LogP contribution in [-0.4, -0.2) is 106 Å². The fourth-order valence-corrected chi connectivity index (χ4v) is 13.4. The fraction of sp³-hybridized carbons (Fsp3) is 0.857. The lowest BCUT2D eigenvalue weighted by Gasteiger charge is -2.47. The Hall–Kier alpha value is -1.74. The minimum atomic E-state index is -0.780. The Balaban J connectivity index is 1.90. The zero-order valence-electron chi connectivity index (χ0n) is 25.2. The van der Waals surface area contributed by atoms with Gasteiger partial charge in [-0.25, -0.2) is 0 Å². The van der Waals surface area contributed by atoms with Crippen LogP contribution in [0.25, 0.3) is 0 Å². The molecule has 10 N–H and O–H groups in total. The van der Waals surface area contributed by atoms with Crippen LogP contribution in [0.3, 0.4) is 0 Å². The molecule has 42 heavy (non-hydrogen) atoms. The molecule has 2 aliphatic carbocycles. The highest BCUT2D eigenvalue weighted by Gasteiger charge is 2.40. The van der Waals surface area contributed by atoms with Crippen LogP contribution in [0.1, 0.15) is 89.9 Å². The maximum Gasteiger partial charge on any atom is 0.320 e. The highest BCUT2D eigenvalue weighted by molar-refractivity contribution is 7.60. The third kappa shape index (κ3) is 11.4. The summed E-state index contributed by atoms with van der Waals surface area (Å²) in [7, 11) is -1.24. The molecule has 2 atom stereocenters. The number of carboxylic acids is 2. The van der Waals surface area contributed by atoms with Gasteiger partial charge in [-0.1, -0.05) is 54.4 Å². The van der Waals surface area contributed by atoms with Gasteiger partial charge in [-0.3, -0.25) is 29.4 Å². The van der Waals surface area contributed by atoms with Crippen molar-refractivity contribution in [2.75, 3.05) is 38.2 Å². The van der Waals surface area contributed by atoms with Gasteiger partial charge in [0.05, 0.1) is 0 Å². The van der Waals surface area contributed by atoms with Crippen molar-refractivity contribution < 1.29 is 19.8 Å². The van der Waals surface area contributed by atoms with Gasteiger partial charge >= 0.3 is 11.9 Å². The van der Waals surface area contributed by atoms with Crippen molar-refractivity contribution in [3.8, 4) is 0 Å². The van der Waals surface area contributed by atoms with Gasteiger partial charge in [0.2, 0.25) is 0 Å². The minimum absolute atomic E-state index is 0.0288. The second-order valence-electron chi connectivity index (χ2n) is 12.1. The van der Waals surface area contributed by atoms with E-state index in [0.29, 0.717) is 50.1 Å². The van der Waals surface area contributed by atoms with E-state index in [-0.39, 0.29) is 11.9 Å².